The second-order valence-electron chi connectivity index (χ2n) is 5.58. The summed E-state index contributed by atoms with van der Waals surface area (Å²) in [7, 11) is -7.66. The summed E-state index contributed by atoms with van der Waals surface area (Å²) in [6, 6.07) is 11.7. The highest BCUT2D eigenvalue weighted by molar-refractivity contribution is 7.92. The number of ether oxygens (including phenoxy) is 1. The highest BCUT2D eigenvalue weighted by atomic mass is 35.5. The smallest absolute Gasteiger partial charge is 0.263 e. The number of hydrogen-bond acceptors (Lipinski definition) is 5. The van der Waals surface area contributed by atoms with Crippen molar-refractivity contribution >= 4 is 37.3 Å². The highest BCUT2D eigenvalue weighted by Crippen LogP contribution is 2.25. The van der Waals surface area contributed by atoms with Gasteiger partial charge in [0.05, 0.1) is 28.8 Å². The van der Waals surface area contributed by atoms with Crippen LogP contribution in [-0.4, -0.2) is 47.4 Å². The van der Waals surface area contributed by atoms with E-state index in [9.17, 15) is 16.8 Å². The summed E-state index contributed by atoms with van der Waals surface area (Å²) < 4.78 is 59.3. The number of halogens is 1. The maximum absolute atomic E-state index is 12.7. The first-order valence-corrected chi connectivity index (χ1v) is 11.1. The lowest BCUT2D eigenvalue weighted by Gasteiger charge is -2.26. The van der Waals surface area contributed by atoms with Gasteiger partial charge < -0.3 is 4.74 Å². The molecule has 0 radical (unpaired) electrons. The maximum Gasteiger partial charge on any atom is 0.263 e. The molecule has 0 saturated carbocycles. The fourth-order valence-electron chi connectivity index (χ4n) is 2.53. The summed E-state index contributed by atoms with van der Waals surface area (Å²) in [5.41, 5.74) is 0.138. The molecule has 2 aromatic carbocycles. The van der Waals surface area contributed by atoms with Gasteiger partial charge in [-0.3, -0.25) is 4.72 Å². The van der Waals surface area contributed by atoms with Crippen LogP contribution < -0.4 is 4.72 Å². The number of anilines is 1. The van der Waals surface area contributed by atoms with Crippen LogP contribution >= 0.6 is 11.6 Å². The van der Waals surface area contributed by atoms with Crippen LogP contribution in [0.25, 0.3) is 0 Å². The Balaban J connectivity index is 1.89. The molecule has 0 unspecified atom stereocenters. The second-order valence-corrected chi connectivity index (χ2v) is 9.58. The lowest BCUT2D eigenvalue weighted by Crippen LogP contribution is -2.40. The molecule has 1 N–H and O–H groups in total. The Morgan fingerprint density at radius 1 is 0.962 bits per heavy atom. The minimum atomic E-state index is -3.94. The molecular formula is C16H17ClN2O5S2. The van der Waals surface area contributed by atoms with Gasteiger partial charge in [0.1, 0.15) is 4.90 Å². The average molecular weight is 417 g/mol. The summed E-state index contributed by atoms with van der Waals surface area (Å²) >= 11 is 5.95. The van der Waals surface area contributed by atoms with E-state index < -0.39 is 20.0 Å². The Morgan fingerprint density at radius 3 is 2.35 bits per heavy atom. The molecule has 0 bridgehead atoms. The first-order valence-electron chi connectivity index (χ1n) is 7.76. The summed E-state index contributed by atoms with van der Waals surface area (Å²) in [6.07, 6.45) is 0. The van der Waals surface area contributed by atoms with Crippen molar-refractivity contribution in [1.82, 2.24) is 4.31 Å². The predicted octanol–water partition coefficient (Wildman–Crippen LogP) is 2.16. The van der Waals surface area contributed by atoms with Crippen molar-refractivity contribution < 1.29 is 21.6 Å². The summed E-state index contributed by atoms with van der Waals surface area (Å²) in [6.45, 7) is 1.19. The molecule has 140 valence electrons. The quantitative estimate of drug-likeness (QED) is 0.806. The number of nitrogens with one attached hydrogen (secondary N) is 1. The van der Waals surface area contributed by atoms with Crippen LogP contribution in [0.5, 0.6) is 0 Å². The van der Waals surface area contributed by atoms with Crippen LogP contribution in [0.1, 0.15) is 0 Å². The number of nitrogens with zero attached hydrogens (tertiary/aromatic N) is 1. The monoisotopic (exact) mass is 416 g/mol. The zero-order valence-electron chi connectivity index (χ0n) is 13.6. The highest BCUT2D eigenvalue weighted by Gasteiger charge is 2.27. The van der Waals surface area contributed by atoms with E-state index in [1.165, 1.54) is 40.7 Å². The molecule has 1 fully saturated rings. The molecule has 1 heterocycles. The lowest BCUT2D eigenvalue weighted by molar-refractivity contribution is 0.0730. The topological polar surface area (TPSA) is 92.8 Å². The lowest BCUT2D eigenvalue weighted by atomic mass is 10.3. The third-order valence-corrected chi connectivity index (χ3v) is 7.60. The summed E-state index contributed by atoms with van der Waals surface area (Å²) in [5, 5.41) is 0.0806. The van der Waals surface area contributed by atoms with Crippen molar-refractivity contribution in [3.05, 3.63) is 53.6 Å². The zero-order chi connectivity index (χ0) is 18.8. The van der Waals surface area contributed by atoms with Gasteiger partial charge in [-0.05, 0) is 30.3 Å². The first kappa shape index (κ1) is 19.1. The van der Waals surface area contributed by atoms with Crippen LogP contribution in [0.3, 0.4) is 0 Å². The van der Waals surface area contributed by atoms with Gasteiger partial charge in [0, 0.05) is 13.1 Å². The molecule has 1 saturated heterocycles. The molecule has 7 nitrogen and oxygen atoms in total. The Labute approximate surface area is 157 Å². The van der Waals surface area contributed by atoms with Crippen molar-refractivity contribution in [3.63, 3.8) is 0 Å². The Bertz CT molecular complexity index is 1000. The van der Waals surface area contributed by atoms with Gasteiger partial charge in [-0.2, -0.15) is 4.31 Å². The molecule has 3 rings (SSSR count). The Hall–Kier alpha value is -1.65. The van der Waals surface area contributed by atoms with E-state index >= 15 is 0 Å². The molecular weight excluding hydrogens is 400 g/mol. The number of sulfonamides is 2. The Kier molecular flexibility index (Phi) is 5.54. The molecule has 2 aromatic rings. The van der Waals surface area contributed by atoms with Gasteiger partial charge in [0.25, 0.3) is 10.0 Å². The molecule has 10 heteroatoms. The first-order chi connectivity index (χ1) is 12.3. The van der Waals surface area contributed by atoms with Crippen LogP contribution in [0.15, 0.2) is 58.3 Å². The third kappa shape index (κ3) is 4.02. The normalized spacial score (nSPS) is 16.3. The molecule has 0 aromatic heterocycles. The molecule has 1 aliphatic rings. The number of benzene rings is 2. The van der Waals surface area contributed by atoms with E-state index in [1.807, 2.05) is 0 Å². The van der Waals surface area contributed by atoms with Crippen LogP contribution in [-0.2, 0) is 24.8 Å². The average Bonchev–Trinajstić information content (AvgIpc) is 2.62. The van der Waals surface area contributed by atoms with Crippen molar-refractivity contribution in [2.75, 3.05) is 31.0 Å². The summed E-state index contributed by atoms with van der Waals surface area (Å²) in [4.78, 5) is -0.0677. The third-order valence-electron chi connectivity index (χ3n) is 3.82. The van der Waals surface area contributed by atoms with Crippen molar-refractivity contribution in [3.8, 4) is 0 Å². The van der Waals surface area contributed by atoms with Gasteiger partial charge >= 0.3 is 0 Å². The molecule has 26 heavy (non-hydrogen) atoms. The van der Waals surface area contributed by atoms with Gasteiger partial charge in [0.2, 0.25) is 10.0 Å². The van der Waals surface area contributed by atoms with Crippen molar-refractivity contribution in [2.45, 2.75) is 9.79 Å². The predicted molar refractivity (Wildman–Crippen MR) is 98.3 cm³/mol. The fraction of sp³-hybridized carbons (Fsp3) is 0.250. The van der Waals surface area contributed by atoms with E-state index in [0.717, 1.165) is 0 Å². The van der Waals surface area contributed by atoms with Gasteiger partial charge in [0.15, 0.2) is 0 Å². The standard InChI is InChI=1S/C16H17ClN2O5S2/c17-15-6-1-2-7-16(15)25(20,21)18-13-4-3-5-14(12-13)26(22,23)19-8-10-24-11-9-19/h1-7,12,18H,8-11H2. The molecule has 0 aliphatic carbocycles. The number of morpholine rings is 1. The maximum atomic E-state index is 12.7. The van der Waals surface area contributed by atoms with Crippen molar-refractivity contribution in [2.24, 2.45) is 0 Å². The van der Waals surface area contributed by atoms with E-state index in [4.69, 9.17) is 16.3 Å². The molecule has 0 amide bonds. The number of hydrogen-bond donors (Lipinski definition) is 1. The minimum absolute atomic E-state index is 0.0127. The second kappa shape index (κ2) is 7.53. The minimum Gasteiger partial charge on any atom is -0.379 e. The van der Waals surface area contributed by atoms with E-state index in [1.54, 1.807) is 12.1 Å². The van der Waals surface area contributed by atoms with Gasteiger partial charge in [-0.15, -0.1) is 0 Å². The summed E-state index contributed by atoms with van der Waals surface area (Å²) in [5.74, 6) is 0. The van der Waals surface area contributed by atoms with E-state index in [-0.39, 0.29) is 33.6 Å². The van der Waals surface area contributed by atoms with Crippen LogP contribution in [0.4, 0.5) is 5.69 Å². The zero-order valence-corrected chi connectivity index (χ0v) is 16.0. The van der Waals surface area contributed by atoms with E-state index in [0.29, 0.717) is 13.2 Å². The molecule has 0 spiro atoms. The van der Waals surface area contributed by atoms with Crippen molar-refractivity contribution in [1.29, 1.82) is 0 Å². The Morgan fingerprint density at radius 2 is 1.65 bits per heavy atom. The van der Waals surface area contributed by atoms with Gasteiger partial charge in [-0.1, -0.05) is 29.8 Å². The fourth-order valence-corrected chi connectivity index (χ4v) is 5.55. The SMILES string of the molecule is O=S(=O)(Nc1cccc(S(=O)(=O)N2CCOCC2)c1)c1ccccc1Cl. The molecule has 1 aliphatic heterocycles. The van der Waals surface area contributed by atoms with Crippen LogP contribution in [0.2, 0.25) is 5.02 Å². The van der Waals surface area contributed by atoms with Crippen LogP contribution in [0, 0.1) is 0 Å². The molecule has 0 atom stereocenters. The largest absolute Gasteiger partial charge is 0.379 e. The number of rotatable bonds is 5. The van der Waals surface area contributed by atoms with E-state index in [2.05, 4.69) is 4.72 Å². The van der Waals surface area contributed by atoms with Gasteiger partial charge in [-0.25, -0.2) is 16.8 Å².